The Labute approximate surface area is 152 Å². The van der Waals surface area contributed by atoms with E-state index >= 15 is 0 Å². The Bertz CT molecular complexity index is 918. The number of ether oxygens (including phenoxy) is 1. The van der Waals surface area contributed by atoms with Crippen LogP contribution >= 0.6 is 0 Å². The van der Waals surface area contributed by atoms with Crippen LogP contribution < -0.4 is 14.4 Å². The van der Waals surface area contributed by atoms with Crippen LogP contribution in [-0.2, 0) is 14.8 Å². The topological polar surface area (TPSA) is 99.5 Å². The van der Waals surface area contributed by atoms with Gasteiger partial charge in [0.05, 0.1) is 30.7 Å². The Kier molecular flexibility index (Phi) is 6.20. The molecule has 0 aliphatic carbocycles. The summed E-state index contributed by atoms with van der Waals surface area (Å²) < 4.78 is 30.4. The van der Waals surface area contributed by atoms with Crippen molar-refractivity contribution in [1.29, 1.82) is 5.26 Å². The molecule has 0 radical (unpaired) electrons. The Hall–Kier alpha value is -3.05. The van der Waals surface area contributed by atoms with Gasteiger partial charge in [0.15, 0.2) is 0 Å². The smallest absolute Gasteiger partial charge is 0.232 e. The van der Waals surface area contributed by atoms with Crippen molar-refractivity contribution < 1.29 is 17.9 Å². The zero-order valence-electron chi connectivity index (χ0n) is 14.5. The van der Waals surface area contributed by atoms with Gasteiger partial charge in [-0.3, -0.25) is 9.10 Å². The number of nitrogens with zero attached hydrogens (tertiary/aromatic N) is 2. The second-order valence-corrected chi connectivity index (χ2v) is 7.43. The average molecular weight is 373 g/mol. The summed E-state index contributed by atoms with van der Waals surface area (Å²) in [6.45, 7) is -0.00502. The van der Waals surface area contributed by atoms with E-state index in [1.54, 1.807) is 48.5 Å². The molecule has 1 amide bonds. The van der Waals surface area contributed by atoms with Gasteiger partial charge in [-0.25, -0.2) is 8.42 Å². The lowest BCUT2D eigenvalue weighted by molar-refractivity contribution is -0.116. The van der Waals surface area contributed by atoms with Crippen molar-refractivity contribution in [2.75, 3.05) is 29.5 Å². The number of methoxy groups -OCH3 is 1. The molecule has 2 aromatic rings. The molecule has 136 valence electrons. The van der Waals surface area contributed by atoms with Gasteiger partial charge in [0.1, 0.15) is 5.75 Å². The number of amides is 1. The van der Waals surface area contributed by atoms with Crippen molar-refractivity contribution in [3.05, 3.63) is 54.1 Å². The van der Waals surface area contributed by atoms with Gasteiger partial charge in [-0.2, -0.15) is 5.26 Å². The van der Waals surface area contributed by atoms with Gasteiger partial charge in [0.2, 0.25) is 15.9 Å². The molecule has 2 aromatic carbocycles. The lowest BCUT2D eigenvalue weighted by Crippen LogP contribution is -2.33. The highest BCUT2D eigenvalue weighted by molar-refractivity contribution is 7.92. The first-order valence-corrected chi connectivity index (χ1v) is 9.60. The highest BCUT2D eigenvalue weighted by atomic mass is 32.2. The summed E-state index contributed by atoms with van der Waals surface area (Å²) in [5.74, 6) is 0.263. The molecule has 0 aliphatic heterocycles. The van der Waals surface area contributed by atoms with Crippen LogP contribution in [0.25, 0.3) is 0 Å². The van der Waals surface area contributed by atoms with Crippen molar-refractivity contribution in [1.82, 2.24) is 0 Å². The largest absolute Gasteiger partial charge is 0.497 e. The molecule has 8 heteroatoms. The van der Waals surface area contributed by atoms with Crippen molar-refractivity contribution in [2.24, 2.45) is 0 Å². The number of carbonyl (C=O) groups excluding carboxylic acids is 1. The van der Waals surface area contributed by atoms with Crippen LogP contribution in [0.4, 0.5) is 11.4 Å². The number of carbonyl (C=O) groups is 1. The van der Waals surface area contributed by atoms with E-state index in [4.69, 9.17) is 10.00 Å². The highest BCUT2D eigenvalue weighted by Crippen LogP contribution is 2.21. The molecule has 0 spiro atoms. The van der Waals surface area contributed by atoms with Crippen LogP contribution in [0.1, 0.15) is 12.0 Å². The molecular weight excluding hydrogens is 354 g/mol. The minimum atomic E-state index is -3.55. The summed E-state index contributed by atoms with van der Waals surface area (Å²) in [7, 11) is -2.02. The Balaban J connectivity index is 2.07. The van der Waals surface area contributed by atoms with Crippen molar-refractivity contribution in [3.63, 3.8) is 0 Å². The van der Waals surface area contributed by atoms with Gasteiger partial charge in [-0.05, 0) is 42.5 Å². The molecular formula is C18H19N3O4S. The van der Waals surface area contributed by atoms with Gasteiger partial charge in [0, 0.05) is 18.7 Å². The van der Waals surface area contributed by atoms with Gasteiger partial charge in [-0.1, -0.05) is 6.07 Å². The van der Waals surface area contributed by atoms with Gasteiger partial charge in [-0.15, -0.1) is 0 Å². The molecule has 0 aliphatic rings. The number of nitriles is 1. The third-order valence-electron chi connectivity index (χ3n) is 3.58. The summed E-state index contributed by atoms with van der Waals surface area (Å²) in [5.41, 5.74) is 1.37. The van der Waals surface area contributed by atoms with E-state index in [1.807, 2.05) is 6.07 Å². The summed E-state index contributed by atoms with van der Waals surface area (Å²) in [4.78, 5) is 12.1. The minimum absolute atomic E-state index is 0.00502. The molecule has 1 N–H and O–H groups in total. The maximum atomic E-state index is 12.1. The molecule has 0 saturated carbocycles. The monoisotopic (exact) mass is 373 g/mol. The van der Waals surface area contributed by atoms with Gasteiger partial charge < -0.3 is 10.1 Å². The van der Waals surface area contributed by atoms with Crippen LogP contribution in [-0.4, -0.2) is 34.2 Å². The second kappa shape index (κ2) is 8.36. The Morgan fingerprint density at radius 2 is 1.92 bits per heavy atom. The number of nitrogens with one attached hydrogen (secondary N) is 1. The summed E-state index contributed by atoms with van der Waals surface area (Å²) in [5, 5.41) is 11.5. The number of sulfonamides is 1. The molecule has 0 heterocycles. The molecule has 0 fully saturated rings. The van der Waals surface area contributed by atoms with E-state index in [2.05, 4.69) is 5.32 Å². The molecule has 0 saturated heterocycles. The van der Waals surface area contributed by atoms with Gasteiger partial charge in [0.25, 0.3) is 0 Å². The molecule has 2 rings (SSSR count). The molecule has 0 unspecified atom stereocenters. The number of hydrogen-bond acceptors (Lipinski definition) is 5. The second-order valence-electron chi connectivity index (χ2n) is 5.52. The fourth-order valence-electron chi connectivity index (χ4n) is 2.33. The fourth-order valence-corrected chi connectivity index (χ4v) is 3.26. The normalized spacial score (nSPS) is 10.7. The van der Waals surface area contributed by atoms with Crippen molar-refractivity contribution >= 4 is 27.3 Å². The standard InChI is InChI=1S/C18H19N3O4S/c1-25-17-8-6-16(7-9-17)21(26(2,23)24)11-10-18(22)20-15-5-3-4-14(12-15)13-19/h3-9,12H,10-11H2,1-2H3,(H,20,22). The lowest BCUT2D eigenvalue weighted by atomic mass is 10.2. The van der Waals surface area contributed by atoms with Gasteiger partial charge >= 0.3 is 0 Å². The lowest BCUT2D eigenvalue weighted by Gasteiger charge is -2.22. The SMILES string of the molecule is COc1ccc(N(CCC(=O)Nc2cccc(C#N)c2)S(C)(=O)=O)cc1. The van der Waals surface area contributed by atoms with Crippen molar-refractivity contribution in [3.8, 4) is 11.8 Å². The van der Waals surface area contributed by atoms with Crippen LogP contribution in [0, 0.1) is 11.3 Å². The van der Waals surface area contributed by atoms with E-state index in [0.29, 0.717) is 22.7 Å². The molecule has 7 nitrogen and oxygen atoms in total. The third-order valence-corrected chi connectivity index (χ3v) is 4.77. The maximum Gasteiger partial charge on any atom is 0.232 e. The molecule has 0 atom stereocenters. The van der Waals surface area contributed by atoms with E-state index in [1.165, 1.54) is 7.11 Å². The Morgan fingerprint density at radius 1 is 1.23 bits per heavy atom. The fraction of sp³-hybridized carbons (Fsp3) is 0.222. The summed E-state index contributed by atoms with van der Waals surface area (Å²) >= 11 is 0. The zero-order chi connectivity index (χ0) is 19.2. The van der Waals surface area contributed by atoms with E-state index in [-0.39, 0.29) is 18.9 Å². The first kappa shape index (κ1) is 19.3. The first-order valence-electron chi connectivity index (χ1n) is 7.75. The van der Waals surface area contributed by atoms with Crippen LogP contribution in [0.5, 0.6) is 5.75 Å². The van der Waals surface area contributed by atoms with Crippen molar-refractivity contribution in [2.45, 2.75) is 6.42 Å². The maximum absolute atomic E-state index is 12.1. The number of hydrogen-bond donors (Lipinski definition) is 1. The van der Waals surface area contributed by atoms with E-state index < -0.39 is 10.0 Å². The number of rotatable bonds is 7. The summed E-state index contributed by atoms with van der Waals surface area (Å²) in [6.07, 6.45) is 1.06. The van der Waals surface area contributed by atoms with E-state index in [9.17, 15) is 13.2 Å². The highest BCUT2D eigenvalue weighted by Gasteiger charge is 2.18. The predicted molar refractivity (Wildman–Crippen MR) is 99.6 cm³/mol. The number of anilines is 2. The Morgan fingerprint density at radius 3 is 2.50 bits per heavy atom. The minimum Gasteiger partial charge on any atom is -0.497 e. The predicted octanol–water partition coefficient (Wildman–Crippen LogP) is 2.36. The van der Waals surface area contributed by atoms with Crippen LogP contribution in [0.2, 0.25) is 0 Å². The van der Waals surface area contributed by atoms with Crippen LogP contribution in [0.15, 0.2) is 48.5 Å². The van der Waals surface area contributed by atoms with E-state index in [0.717, 1.165) is 10.6 Å². The molecule has 0 aromatic heterocycles. The van der Waals surface area contributed by atoms with Crippen LogP contribution in [0.3, 0.4) is 0 Å². The zero-order valence-corrected chi connectivity index (χ0v) is 15.3. The average Bonchev–Trinajstić information content (AvgIpc) is 2.61. The summed E-state index contributed by atoms with van der Waals surface area (Å²) in [6, 6.07) is 15.0. The molecule has 0 bridgehead atoms. The third kappa shape index (κ3) is 5.22. The molecule has 26 heavy (non-hydrogen) atoms. The first-order chi connectivity index (χ1) is 12.3. The number of benzene rings is 2. The quantitative estimate of drug-likeness (QED) is 0.803.